The second-order valence-corrected chi connectivity index (χ2v) is 6.62. The molecule has 28 heavy (non-hydrogen) atoms. The first-order valence-electron chi connectivity index (χ1n) is 9.39. The Morgan fingerprint density at radius 3 is 2.11 bits per heavy atom. The van der Waals surface area contributed by atoms with Crippen molar-refractivity contribution >= 4 is 17.9 Å². The molecule has 0 aliphatic carbocycles. The Labute approximate surface area is 163 Å². The molecule has 0 unspecified atom stereocenters. The molecule has 1 fully saturated rings. The predicted octanol–water partition coefficient (Wildman–Crippen LogP) is 2.73. The highest BCUT2D eigenvalue weighted by Crippen LogP contribution is 2.29. The van der Waals surface area contributed by atoms with Crippen molar-refractivity contribution in [3.8, 4) is 0 Å². The van der Waals surface area contributed by atoms with E-state index in [1.165, 1.54) is 24.3 Å². The molecule has 0 bridgehead atoms. The number of benzene rings is 1. The molecule has 8 heteroatoms. The lowest BCUT2D eigenvalue weighted by Crippen LogP contribution is -2.51. The van der Waals surface area contributed by atoms with Gasteiger partial charge in [-0.05, 0) is 37.6 Å². The standard InChI is InChI=1S/C20H26F3N3O2/c1-3-25(4-2)19(28)15-24-11-13-26(14-12-24)18(27)10-7-16-5-8-17(9-6-16)20(21,22)23/h5-10H,3-4,11-15H2,1-2H3/b10-7+. The van der Waals surface area contributed by atoms with E-state index < -0.39 is 11.7 Å². The van der Waals surface area contributed by atoms with Gasteiger partial charge in [0, 0.05) is 45.3 Å². The maximum Gasteiger partial charge on any atom is 0.416 e. The summed E-state index contributed by atoms with van der Waals surface area (Å²) < 4.78 is 37.7. The van der Waals surface area contributed by atoms with Crippen molar-refractivity contribution in [1.82, 2.24) is 14.7 Å². The first kappa shape index (κ1) is 21.9. The van der Waals surface area contributed by atoms with Gasteiger partial charge in [0.2, 0.25) is 11.8 Å². The number of likely N-dealkylation sites (N-methyl/N-ethyl adjacent to an activating group) is 1. The summed E-state index contributed by atoms with van der Waals surface area (Å²) in [7, 11) is 0. The zero-order valence-electron chi connectivity index (χ0n) is 16.2. The number of halogens is 3. The van der Waals surface area contributed by atoms with Crippen LogP contribution < -0.4 is 0 Å². The predicted molar refractivity (Wildman–Crippen MR) is 101 cm³/mol. The van der Waals surface area contributed by atoms with E-state index in [1.54, 1.807) is 9.80 Å². The van der Waals surface area contributed by atoms with Crippen molar-refractivity contribution in [2.24, 2.45) is 0 Å². The van der Waals surface area contributed by atoms with Crippen LogP contribution >= 0.6 is 0 Å². The molecule has 5 nitrogen and oxygen atoms in total. The normalized spacial score (nSPS) is 15.8. The van der Waals surface area contributed by atoms with Crippen LogP contribution in [0.1, 0.15) is 25.0 Å². The molecule has 0 N–H and O–H groups in total. The van der Waals surface area contributed by atoms with Crippen molar-refractivity contribution in [3.63, 3.8) is 0 Å². The van der Waals surface area contributed by atoms with Gasteiger partial charge in [-0.15, -0.1) is 0 Å². The molecule has 1 aliphatic heterocycles. The van der Waals surface area contributed by atoms with Gasteiger partial charge < -0.3 is 9.80 Å². The maximum atomic E-state index is 12.6. The van der Waals surface area contributed by atoms with Crippen LogP contribution in [0.3, 0.4) is 0 Å². The maximum absolute atomic E-state index is 12.6. The van der Waals surface area contributed by atoms with Crippen molar-refractivity contribution in [3.05, 3.63) is 41.5 Å². The van der Waals surface area contributed by atoms with E-state index in [2.05, 4.69) is 0 Å². The average Bonchev–Trinajstić information content (AvgIpc) is 2.67. The average molecular weight is 397 g/mol. The SMILES string of the molecule is CCN(CC)C(=O)CN1CCN(C(=O)/C=C/c2ccc(C(F)(F)F)cc2)CC1. The van der Waals surface area contributed by atoms with Gasteiger partial charge in [0.25, 0.3) is 0 Å². The number of amides is 2. The summed E-state index contributed by atoms with van der Waals surface area (Å²) in [4.78, 5) is 29.9. The van der Waals surface area contributed by atoms with Crippen LogP contribution in [0.15, 0.2) is 30.3 Å². The fourth-order valence-electron chi connectivity index (χ4n) is 3.05. The van der Waals surface area contributed by atoms with Gasteiger partial charge in [0.05, 0.1) is 12.1 Å². The van der Waals surface area contributed by atoms with E-state index >= 15 is 0 Å². The largest absolute Gasteiger partial charge is 0.416 e. The first-order valence-corrected chi connectivity index (χ1v) is 9.39. The Kier molecular flexibility index (Phi) is 7.62. The minimum absolute atomic E-state index is 0.0898. The number of nitrogens with zero attached hydrogens (tertiary/aromatic N) is 3. The summed E-state index contributed by atoms with van der Waals surface area (Å²) in [6.07, 6.45) is -1.48. The van der Waals surface area contributed by atoms with Gasteiger partial charge in [-0.2, -0.15) is 13.2 Å². The van der Waals surface area contributed by atoms with Crippen LogP contribution in [0.2, 0.25) is 0 Å². The number of carbonyl (C=O) groups excluding carboxylic acids is 2. The molecule has 1 heterocycles. The lowest BCUT2D eigenvalue weighted by atomic mass is 10.1. The van der Waals surface area contributed by atoms with Gasteiger partial charge in [-0.25, -0.2) is 0 Å². The number of hydrogen-bond donors (Lipinski definition) is 0. The van der Waals surface area contributed by atoms with Crippen molar-refractivity contribution in [1.29, 1.82) is 0 Å². The zero-order valence-corrected chi connectivity index (χ0v) is 16.2. The second kappa shape index (κ2) is 9.73. The van der Waals surface area contributed by atoms with Crippen molar-refractivity contribution in [2.45, 2.75) is 20.0 Å². The summed E-state index contributed by atoms with van der Waals surface area (Å²) in [5, 5.41) is 0. The van der Waals surface area contributed by atoms with E-state index in [9.17, 15) is 22.8 Å². The Hall–Kier alpha value is -2.35. The number of alkyl halides is 3. The summed E-state index contributed by atoms with van der Waals surface area (Å²) in [6.45, 7) is 7.88. The quantitative estimate of drug-likeness (QED) is 0.694. The smallest absolute Gasteiger partial charge is 0.342 e. The number of hydrogen-bond acceptors (Lipinski definition) is 3. The lowest BCUT2D eigenvalue weighted by Gasteiger charge is -2.34. The molecule has 1 aliphatic rings. The van der Waals surface area contributed by atoms with Gasteiger partial charge in [0.1, 0.15) is 0 Å². The molecule has 1 aromatic rings. The third-order valence-corrected chi connectivity index (χ3v) is 4.82. The van der Waals surface area contributed by atoms with Gasteiger partial charge in [-0.3, -0.25) is 14.5 Å². The van der Waals surface area contributed by atoms with E-state index in [-0.39, 0.29) is 11.8 Å². The molecule has 0 spiro atoms. The topological polar surface area (TPSA) is 43.9 Å². The van der Waals surface area contributed by atoms with Crippen molar-refractivity contribution < 1.29 is 22.8 Å². The summed E-state index contributed by atoms with van der Waals surface area (Å²) in [5.74, 6) is -0.0957. The summed E-state index contributed by atoms with van der Waals surface area (Å²) in [6, 6.07) is 4.67. The Balaban J connectivity index is 1.83. The molecule has 0 saturated carbocycles. The number of carbonyl (C=O) groups is 2. The highest BCUT2D eigenvalue weighted by Gasteiger charge is 2.29. The number of piperazine rings is 1. The summed E-state index contributed by atoms with van der Waals surface area (Å²) >= 11 is 0. The van der Waals surface area contributed by atoms with E-state index in [1.807, 2.05) is 18.7 Å². The molecule has 2 amide bonds. The van der Waals surface area contributed by atoms with Gasteiger partial charge in [0.15, 0.2) is 0 Å². The minimum Gasteiger partial charge on any atom is -0.342 e. The van der Waals surface area contributed by atoms with Crippen LogP contribution in [0.25, 0.3) is 6.08 Å². The first-order chi connectivity index (χ1) is 13.2. The van der Waals surface area contributed by atoms with Crippen molar-refractivity contribution in [2.75, 3.05) is 45.8 Å². The monoisotopic (exact) mass is 397 g/mol. The molecular formula is C20H26F3N3O2. The van der Waals surface area contributed by atoms with E-state index in [0.717, 1.165) is 12.1 Å². The van der Waals surface area contributed by atoms with Crippen LogP contribution in [-0.4, -0.2) is 72.3 Å². The Bertz CT molecular complexity index is 690. The molecule has 0 aromatic heterocycles. The zero-order chi connectivity index (χ0) is 20.7. The van der Waals surface area contributed by atoms with Crippen LogP contribution in [0.5, 0.6) is 0 Å². The third kappa shape index (κ3) is 6.09. The molecule has 1 saturated heterocycles. The van der Waals surface area contributed by atoms with Crippen LogP contribution in [0, 0.1) is 0 Å². The number of rotatable bonds is 6. The van der Waals surface area contributed by atoms with E-state index in [4.69, 9.17) is 0 Å². The molecule has 154 valence electrons. The fraction of sp³-hybridized carbons (Fsp3) is 0.500. The molecular weight excluding hydrogens is 371 g/mol. The Morgan fingerprint density at radius 2 is 1.61 bits per heavy atom. The molecule has 2 rings (SSSR count). The third-order valence-electron chi connectivity index (χ3n) is 4.82. The Morgan fingerprint density at radius 1 is 1.04 bits per heavy atom. The van der Waals surface area contributed by atoms with Gasteiger partial charge >= 0.3 is 6.18 Å². The lowest BCUT2D eigenvalue weighted by molar-refractivity contribution is -0.137. The summed E-state index contributed by atoms with van der Waals surface area (Å²) in [5.41, 5.74) is -0.184. The highest BCUT2D eigenvalue weighted by molar-refractivity contribution is 5.91. The van der Waals surface area contributed by atoms with Crippen LogP contribution in [0.4, 0.5) is 13.2 Å². The van der Waals surface area contributed by atoms with Gasteiger partial charge in [-0.1, -0.05) is 12.1 Å². The molecule has 1 aromatic carbocycles. The molecule has 0 atom stereocenters. The molecule has 0 radical (unpaired) electrons. The minimum atomic E-state index is -4.37. The second-order valence-electron chi connectivity index (χ2n) is 6.62. The highest BCUT2D eigenvalue weighted by atomic mass is 19.4. The van der Waals surface area contributed by atoms with Crippen LogP contribution in [-0.2, 0) is 15.8 Å². The fourth-order valence-corrected chi connectivity index (χ4v) is 3.05. The van der Waals surface area contributed by atoms with E-state index in [0.29, 0.717) is 51.4 Å².